The normalized spacial score (nSPS) is 20.0. The number of hydrogen-bond donors (Lipinski definition) is 5. The van der Waals surface area contributed by atoms with Gasteiger partial charge in [-0.3, -0.25) is 24.0 Å². The highest BCUT2D eigenvalue weighted by molar-refractivity contribution is 7.13. The summed E-state index contributed by atoms with van der Waals surface area (Å²) in [4.78, 5) is 75.3. The van der Waals surface area contributed by atoms with Gasteiger partial charge in [-0.2, -0.15) is 5.26 Å². The standard InChI is InChI=1S/C62H73Cl2F2N7O10S/c1-36-55(84-35-69-36)38-15-12-37(13-16-38)14-21-48(75)47-30-41(74)32-73(47)59(79)56(61(5,6)7)72-51(76)33-83-27-26-82-25-24-81-23-22-68-57(77)39-17-20-46(49(28-39)80-8)70-58(78)54-52(42-10-9-11-44(64)53(42)66)62(34-67,50(71-54)31-60(2,3)4)43-19-18-40(63)29-45(43)65/h9-13,15-20,28-29,35,41,47,50,52,54,56,71,74H,14,21-27,30-33H2,1-8H3,(H,68,77)(H,70,78)(H,72,76)/t41-,47+,50+,52?,54-,56-,62+/m1/s1. The second-order valence-corrected chi connectivity index (χ2v) is 25.0. The first-order chi connectivity index (χ1) is 39.9. The van der Waals surface area contributed by atoms with Crippen molar-refractivity contribution in [3.63, 3.8) is 0 Å². The fraction of sp³-hybridized carbons (Fsp3) is 0.468. The Morgan fingerprint density at radius 3 is 2.29 bits per heavy atom. The molecule has 0 saturated carbocycles. The summed E-state index contributed by atoms with van der Waals surface area (Å²) in [5.74, 6) is -5.12. The number of thiazole rings is 1. The summed E-state index contributed by atoms with van der Waals surface area (Å²) < 4.78 is 54.6. The van der Waals surface area contributed by atoms with Gasteiger partial charge in [0.1, 0.15) is 35.4 Å². The third kappa shape index (κ3) is 15.9. The van der Waals surface area contributed by atoms with E-state index < -0.39 is 87.7 Å². The molecule has 2 aliphatic rings. The number of amides is 4. The fourth-order valence-electron chi connectivity index (χ4n) is 10.9. The number of ether oxygens (including phenoxy) is 4. The van der Waals surface area contributed by atoms with Crippen LogP contribution in [-0.4, -0.2) is 135 Å². The molecule has 4 amide bonds. The average molecular weight is 1220 g/mol. The first-order valence-corrected chi connectivity index (χ1v) is 29.4. The molecule has 2 aliphatic heterocycles. The number of aliphatic hydroxyl groups excluding tert-OH is 1. The summed E-state index contributed by atoms with van der Waals surface area (Å²) in [6, 6.07) is 18.9. The number of aliphatic hydroxyl groups is 1. The molecule has 5 aromatic rings. The van der Waals surface area contributed by atoms with Crippen LogP contribution >= 0.6 is 34.5 Å². The molecule has 7 atom stereocenters. The SMILES string of the molecule is COc1cc(C(=O)NCCOCCOCCOCC(=O)N[C@H](C(=O)N2C[C@H](O)C[C@H]2C(=O)CCc2ccc(-c3scnc3C)cc2)C(C)(C)C)ccc1NC(=O)[C@@H]1N[C@@H](CC(C)(C)C)[C@](C#N)(c2ccc(Cl)cc2F)C1c1cccc(Cl)c1F. The van der Waals surface area contributed by atoms with E-state index in [2.05, 4.69) is 32.3 Å². The molecule has 7 rings (SSSR count). The minimum atomic E-state index is -1.84. The van der Waals surface area contributed by atoms with Gasteiger partial charge < -0.3 is 50.2 Å². The number of rotatable bonds is 25. The van der Waals surface area contributed by atoms with Crippen molar-refractivity contribution in [3.8, 4) is 22.3 Å². The zero-order chi connectivity index (χ0) is 61.1. The molecule has 0 aliphatic carbocycles. The molecule has 0 bridgehead atoms. The lowest BCUT2D eigenvalue weighted by Crippen LogP contribution is -2.57. The number of nitrogens with zero attached hydrogens (tertiary/aromatic N) is 3. The number of likely N-dealkylation sites (tertiary alicyclic amines) is 1. The number of benzene rings is 4. The van der Waals surface area contributed by atoms with Crippen molar-refractivity contribution in [1.82, 2.24) is 25.8 Å². The summed E-state index contributed by atoms with van der Waals surface area (Å²) in [6.45, 7) is 13.7. The van der Waals surface area contributed by atoms with Gasteiger partial charge in [-0.25, -0.2) is 13.8 Å². The van der Waals surface area contributed by atoms with Crippen LogP contribution in [-0.2, 0) is 45.2 Å². The number of hydrogen-bond acceptors (Lipinski definition) is 14. The Kier molecular flexibility index (Phi) is 22.2. The quantitative estimate of drug-likeness (QED) is 0.0344. The minimum Gasteiger partial charge on any atom is -0.495 e. The Labute approximate surface area is 503 Å². The van der Waals surface area contributed by atoms with Crippen molar-refractivity contribution in [2.24, 2.45) is 10.8 Å². The number of anilines is 1. The van der Waals surface area contributed by atoms with E-state index in [-0.39, 0.29) is 116 Å². The molecule has 450 valence electrons. The smallest absolute Gasteiger partial charge is 0.251 e. The fourth-order valence-corrected chi connectivity index (χ4v) is 12.0. The molecule has 3 heterocycles. The maximum atomic E-state index is 16.2. The molecule has 0 radical (unpaired) electrons. The summed E-state index contributed by atoms with van der Waals surface area (Å²) >= 11 is 14.0. The van der Waals surface area contributed by atoms with Gasteiger partial charge in [0.25, 0.3) is 5.91 Å². The number of carbonyl (C=O) groups excluding carboxylic acids is 5. The van der Waals surface area contributed by atoms with Gasteiger partial charge in [0.05, 0.1) is 91.2 Å². The van der Waals surface area contributed by atoms with Crippen molar-refractivity contribution in [2.75, 3.05) is 65.2 Å². The summed E-state index contributed by atoms with van der Waals surface area (Å²) in [5, 5.41) is 33.3. The number of carbonyl (C=O) groups is 5. The topological polar surface area (TPSA) is 231 Å². The molecule has 2 saturated heterocycles. The van der Waals surface area contributed by atoms with E-state index in [1.165, 1.54) is 60.5 Å². The lowest BCUT2D eigenvalue weighted by atomic mass is 9.62. The van der Waals surface area contributed by atoms with E-state index in [0.717, 1.165) is 27.8 Å². The Morgan fingerprint density at radius 1 is 0.940 bits per heavy atom. The zero-order valence-corrected chi connectivity index (χ0v) is 50.7. The number of nitrogens with one attached hydrogen (secondary N) is 4. The summed E-state index contributed by atoms with van der Waals surface area (Å²) in [5.41, 5.74) is 2.01. The molecule has 1 aromatic heterocycles. The zero-order valence-electron chi connectivity index (χ0n) is 48.4. The Hall–Kier alpha value is -6.41. The van der Waals surface area contributed by atoms with Crippen LogP contribution in [0.1, 0.15) is 99.5 Å². The van der Waals surface area contributed by atoms with Crippen LogP contribution in [0, 0.1) is 40.7 Å². The van der Waals surface area contributed by atoms with E-state index in [4.69, 9.17) is 42.1 Å². The van der Waals surface area contributed by atoms with E-state index in [9.17, 15) is 34.3 Å². The molecular formula is C62H73Cl2F2N7O10S. The van der Waals surface area contributed by atoms with E-state index >= 15 is 8.78 Å². The molecule has 17 nitrogen and oxygen atoms in total. The third-order valence-corrected chi connectivity index (χ3v) is 16.4. The maximum Gasteiger partial charge on any atom is 0.251 e. The highest BCUT2D eigenvalue weighted by Crippen LogP contribution is 2.53. The van der Waals surface area contributed by atoms with Crippen LogP contribution in [0.25, 0.3) is 10.4 Å². The number of aryl methyl sites for hydroxylation is 2. The van der Waals surface area contributed by atoms with Crippen molar-refractivity contribution in [2.45, 2.75) is 116 Å². The molecular weight excluding hydrogens is 1140 g/mol. The Balaban J connectivity index is 0.838. The molecule has 0 spiro atoms. The van der Waals surface area contributed by atoms with Gasteiger partial charge in [0, 0.05) is 54.0 Å². The number of aromatic nitrogens is 1. The van der Waals surface area contributed by atoms with Crippen molar-refractivity contribution >= 4 is 69.6 Å². The summed E-state index contributed by atoms with van der Waals surface area (Å²) in [7, 11) is 1.36. The van der Waals surface area contributed by atoms with Gasteiger partial charge in [-0.15, -0.1) is 11.3 Å². The average Bonchev–Trinajstić information content (AvgIpc) is 3.46. The third-order valence-electron chi connectivity index (χ3n) is 14.9. The minimum absolute atomic E-state index is 0.0199. The highest BCUT2D eigenvalue weighted by Gasteiger charge is 2.61. The molecule has 4 aromatic carbocycles. The second kappa shape index (κ2) is 28.7. The first kappa shape index (κ1) is 65.1. The monoisotopic (exact) mass is 1220 g/mol. The van der Waals surface area contributed by atoms with Crippen molar-refractivity contribution in [1.29, 1.82) is 5.26 Å². The highest BCUT2D eigenvalue weighted by atomic mass is 35.5. The van der Waals surface area contributed by atoms with Crippen LogP contribution in [0.2, 0.25) is 10.0 Å². The van der Waals surface area contributed by atoms with Gasteiger partial charge in [-0.1, -0.05) is 107 Å². The lowest BCUT2D eigenvalue weighted by Gasteiger charge is -2.37. The Morgan fingerprint density at radius 2 is 1.64 bits per heavy atom. The van der Waals surface area contributed by atoms with E-state index in [1.54, 1.807) is 16.8 Å². The van der Waals surface area contributed by atoms with Crippen LogP contribution in [0.5, 0.6) is 5.75 Å². The number of ketones is 1. The maximum absolute atomic E-state index is 16.2. The van der Waals surface area contributed by atoms with E-state index in [0.29, 0.717) is 6.42 Å². The lowest BCUT2D eigenvalue weighted by molar-refractivity contribution is -0.144. The van der Waals surface area contributed by atoms with Gasteiger partial charge in [-0.05, 0) is 83.7 Å². The number of nitriles is 1. The van der Waals surface area contributed by atoms with Crippen LogP contribution < -0.4 is 26.0 Å². The number of Topliss-reactive ketones (excluding diaryl/α,β-unsaturated/α-hetero) is 1. The predicted molar refractivity (Wildman–Crippen MR) is 317 cm³/mol. The van der Waals surface area contributed by atoms with Crippen molar-refractivity contribution < 1.29 is 56.8 Å². The van der Waals surface area contributed by atoms with E-state index in [1.807, 2.05) is 72.7 Å². The number of methoxy groups -OCH3 is 1. The molecule has 22 heteroatoms. The van der Waals surface area contributed by atoms with Crippen molar-refractivity contribution in [3.05, 3.63) is 134 Å². The molecule has 5 N–H and O–H groups in total. The number of halogens is 4. The first-order valence-electron chi connectivity index (χ1n) is 27.7. The second-order valence-electron chi connectivity index (χ2n) is 23.3. The number of β-amino-alcohol motifs (C(OH)–C–C–N with tert-alkyl or cyclic N) is 1. The molecule has 2 fully saturated rings. The van der Waals surface area contributed by atoms with Crippen LogP contribution in [0.3, 0.4) is 0 Å². The predicted octanol–water partition coefficient (Wildman–Crippen LogP) is 9.15. The Bertz CT molecular complexity index is 3200. The van der Waals surface area contributed by atoms with Gasteiger partial charge >= 0.3 is 0 Å². The largest absolute Gasteiger partial charge is 0.495 e. The molecule has 84 heavy (non-hydrogen) atoms. The van der Waals surface area contributed by atoms with Crippen LogP contribution in [0.4, 0.5) is 14.5 Å². The van der Waals surface area contributed by atoms with Crippen LogP contribution in [0.15, 0.2) is 84.4 Å². The summed E-state index contributed by atoms with van der Waals surface area (Å²) in [6.07, 6.45) is 0.174. The molecule has 1 unspecified atom stereocenters. The van der Waals surface area contributed by atoms with Gasteiger partial charge in [0.2, 0.25) is 17.7 Å². The van der Waals surface area contributed by atoms with Gasteiger partial charge in [0.15, 0.2) is 5.78 Å².